The molecule has 0 aliphatic carbocycles. The molecule has 1 atom stereocenters. The molecule has 0 aromatic heterocycles. The number of ether oxygens (including phenoxy) is 1. The summed E-state index contributed by atoms with van der Waals surface area (Å²) >= 11 is 6.46. The average Bonchev–Trinajstić information content (AvgIpc) is 2.93. The lowest BCUT2D eigenvalue weighted by atomic mass is 10.0. The number of hydrogen-bond acceptors (Lipinski definition) is 5. The second-order valence-electron chi connectivity index (χ2n) is 9.31. The fraction of sp³-hybridized carbons (Fsp3) is 0.333. The lowest BCUT2D eigenvalue weighted by Gasteiger charge is -2.33. The Balaban J connectivity index is 2.03. The van der Waals surface area contributed by atoms with Crippen molar-refractivity contribution in [3.05, 3.63) is 95.0 Å². The van der Waals surface area contributed by atoms with Crippen LogP contribution in [0.4, 0.5) is 5.69 Å². The van der Waals surface area contributed by atoms with Crippen molar-refractivity contribution in [1.29, 1.82) is 0 Å². The van der Waals surface area contributed by atoms with E-state index in [1.807, 2.05) is 44.2 Å². The van der Waals surface area contributed by atoms with E-state index in [2.05, 4.69) is 5.32 Å². The number of nitrogens with one attached hydrogen (secondary N) is 1. The third kappa shape index (κ3) is 8.72. The van der Waals surface area contributed by atoms with Crippen LogP contribution >= 0.6 is 11.6 Å². The number of amides is 2. The minimum absolute atomic E-state index is 0.0242. The summed E-state index contributed by atoms with van der Waals surface area (Å²) in [6, 6.07) is 22.1. The first-order chi connectivity index (χ1) is 19.1. The molecule has 0 unspecified atom stereocenters. The summed E-state index contributed by atoms with van der Waals surface area (Å²) in [5.74, 6) is -0.271. The summed E-state index contributed by atoms with van der Waals surface area (Å²) in [4.78, 5) is 29.0. The van der Waals surface area contributed by atoms with Crippen LogP contribution in [0.2, 0.25) is 5.02 Å². The lowest BCUT2D eigenvalue weighted by molar-refractivity contribution is -0.140. The first kappa shape index (κ1) is 31.0. The lowest BCUT2D eigenvalue weighted by Crippen LogP contribution is -2.53. The molecule has 3 rings (SSSR count). The summed E-state index contributed by atoms with van der Waals surface area (Å²) < 4.78 is 32.3. The quantitative estimate of drug-likeness (QED) is 0.297. The van der Waals surface area contributed by atoms with E-state index < -0.39 is 28.5 Å². The maximum absolute atomic E-state index is 14.0. The van der Waals surface area contributed by atoms with Crippen molar-refractivity contribution in [2.75, 3.05) is 30.3 Å². The molecule has 1 N–H and O–H groups in total. The van der Waals surface area contributed by atoms with Crippen LogP contribution in [0.1, 0.15) is 31.4 Å². The zero-order chi connectivity index (χ0) is 29.1. The smallest absolute Gasteiger partial charge is 0.244 e. The summed E-state index contributed by atoms with van der Waals surface area (Å²) in [7, 11) is -3.85. The number of benzene rings is 3. The predicted molar refractivity (Wildman–Crippen MR) is 159 cm³/mol. The zero-order valence-electron chi connectivity index (χ0n) is 23.0. The second kappa shape index (κ2) is 14.7. The molecule has 0 heterocycles. The van der Waals surface area contributed by atoms with Crippen LogP contribution in [-0.4, -0.2) is 57.1 Å². The predicted octanol–water partition coefficient (Wildman–Crippen LogP) is 4.67. The van der Waals surface area contributed by atoms with Gasteiger partial charge in [0.1, 0.15) is 18.3 Å². The third-order valence-electron chi connectivity index (χ3n) is 6.23. The molecule has 0 bridgehead atoms. The number of sulfonamides is 1. The van der Waals surface area contributed by atoms with Gasteiger partial charge in [-0.05, 0) is 54.8 Å². The van der Waals surface area contributed by atoms with E-state index in [1.165, 1.54) is 4.90 Å². The SMILES string of the molecule is CCCNC(=O)[C@@H](Cc1ccccc1)N(Cc1ccccc1Cl)C(=O)CN(c1ccc(OCC)cc1)S(C)(=O)=O. The van der Waals surface area contributed by atoms with Crippen molar-refractivity contribution < 1.29 is 22.7 Å². The molecule has 214 valence electrons. The molecule has 0 saturated carbocycles. The highest BCUT2D eigenvalue weighted by Gasteiger charge is 2.33. The Hall–Kier alpha value is -3.56. The van der Waals surface area contributed by atoms with E-state index in [9.17, 15) is 18.0 Å². The van der Waals surface area contributed by atoms with E-state index in [4.69, 9.17) is 16.3 Å². The number of anilines is 1. The Bertz CT molecular complexity index is 1370. The van der Waals surface area contributed by atoms with Crippen molar-refractivity contribution in [3.8, 4) is 5.75 Å². The monoisotopic (exact) mass is 585 g/mol. The van der Waals surface area contributed by atoms with Crippen LogP contribution in [0.5, 0.6) is 5.75 Å². The van der Waals surface area contributed by atoms with Gasteiger partial charge in [-0.1, -0.05) is 67.1 Å². The topological polar surface area (TPSA) is 96.0 Å². The Morgan fingerprint density at radius 1 is 0.950 bits per heavy atom. The van der Waals surface area contributed by atoms with Crippen molar-refractivity contribution in [2.45, 2.75) is 39.3 Å². The minimum Gasteiger partial charge on any atom is -0.494 e. The molecule has 2 amide bonds. The van der Waals surface area contributed by atoms with E-state index in [1.54, 1.807) is 48.5 Å². The molecule has 0 aliphatic heterocycles. The van der Waals surface area contributed by atoms with Crippen LogP contribution in [-0.2, 0) is 32.6 Å². The Morgan fingerprint density at radius 3 is 2.20 bits per heavy atom. The van der Waals surface area contributed by atoms with Gasteiger partial charge in [-0.25, -0.2) is 8.42 Å². The highest BCUT2D eigenvalue weighted by Crippen LogP contribution is 2.24. The van der Waals surface area contributed by atoms with Gasteiger partial charge in [0.25, 0.3) is 0 Å². The van der Waals surface area contributed by atoms with Gasteiger partial charge in [0.15, 0.2) is 0 Å². The third-order valence-corrected chi connectivity index (χ3v) is 7.74. The van der Waals surface area contributed by atoms with Gasteiger partial charge in [-0.2, -0.15) is 0 Å². The average molecular weight is 586 g/mol. The van der Waals surface area contributed by atoms with Crippen LogP contribution in [0, 0.1) is 0 Å². The van der Waals surface area contributed by atoms with Crippen LogP contribution < -0.4 is 14.4 Å². The molecule has 3 aromatic carbocycles. The molecular formula is C30H36ClN3O5S. The van der Waals surface area contributed by atoms with Gasteiger partial charge in [0.05, 0.1) is 18.6 Å². The fourth-order valence-electron chi connectivity index (χ4n) is 4.22. The van der Waals surface area contributed by atoms with Crippen molar-refractivity contribution in [1.82, 2.24) is 10.2 Å². The standard InChI is InChI=1S/C30H36ClN3O5S/c1-4-19-32-30(36)28(20-23-11-7-6-8-12-23)33(21-24-13-9-10-14-27(24)31)29(35)22-34(40(3,37)38)25-15-17-26(18-16-25)39-5-2/h6-18,28H,4-5,19-22H2,1-3H3,(H,32,36)/t28-/m1/s1. The van der Waals surface area contributed by atoms with Gasteiger partial charge in [0.2, 0.25) is 21.8 Å². The van der Waals surface area contributed by atoms with Crippen molar-refractivity contribution in [2.24, 2.45) is 0 Å². The van der Waals surface area contributed by atoms with Crippen LogP contribution in [0.25, 0.3) is 0 Å². The number of halogens is 1. The number of nitrogens with zero attached hydrogens (tertiary/aromatic N) is 2. The Labute approximate surface area is 241 Å². The maximum Gasteiger partial charge on any atom is 0.244 e. The molecule has 10 heteroatoms. The van der Waals surface area contributed by atoms with Gasteiger partial charge in [-0.15, -0.1) is 0 Å². The molecule has 8 nitrogen and oxygen atoms in total. The summed E-state index contributed by atoms with van der Waals surface area (Å²) in [5, 5.41) is 3.35. The number of carbonyl (C=O) groups excluding carboxylic acids is 2. The number of rotatable bonds is 14. The Kier molecular flexibility index (Phi) is 11.4. The minimum atomic E-state index is -3.85. The summed E-state index contributed by atoms with van der Waals surface area (Å²) in [5.41, 5.74) is 1.82. The first-order valence-electron chi connectivity index (χ1n) is 13.2. The van der Waals surface area contributed by atoms with Gasteiger partial charge in [0, 0.05) is 24.5 Å². The molecule has 0 spiro atoms. The summed E-state index contributed by atoms with van der Waals surface area (Å²) in [6.07, 6.45) is 2.01. The van der Waals surface area contributed by atoms with E-state index in [0.29, 0.717) is 35.2 Å². The summed E-state index contributed by atoms with van der Waals surface area (Å²) in [6.45, 7) is 4.24. The second-order valence-corrected chi connectivity index (χ2v) is 11.6. The molecule has 40 heavy (non-hydrogen) atoms. The van der Waals surface area contributed by atoms with Crippen LogP contribution in [0.3, 0.4) is 0 Å². The fourth-order valence-corrected chi connectivity index (χ4v) is 5.26. The molecule has 3 aromatic rings. The number of carbonyl (C=O) groups is 2. The highest BCUT2D eigenvalue weighted by molar-refractivity contribution is 7.92. The highest BCUT2D eigenvalue weighted by atomic mass is 35.5. The molecule has 0 fully saturated rings. The van der Waals surface area contributed by atoms with Crippen LogP contribution in [0.15, 0.2) is 78.9 Å². The normalized spacial score (nSPS) is 11.9. The maximum atomic E-state index is 14.0. The van der Waals surface area contributed by atoms with Crippen molar-refractivity contribution >= 4 is 39.1 Å². The molecule has 0 aliphatic rings. The Morgan fingerprint density at radius 2 is 1.60 bits per heavy atom. The molecule has 0 radical (unpaired) electrons. The van der Waals surface area contributed by atoms with E-state index >= 15 is 0 Å². The van der Waals surface area contributed by atoms with Gasteiger partial charge < -0.3 is 15.0 Å². The van der Waals surface area contributed by atoms with Crippen molar-refractivity contribution in [3.63, 3.8) is 0 Å². The van der Waals surface area contributed by atoms with E-state index in [-0.39, 0.29) is 18.9 Å². The zero-order valence-corrected chi connectivity index (χ0v) is 24.6. The largest absolute Gasteiger partial charge is 0.494 e. The van der Waals surface area contributed by atoms with Gasteiger partial charge in [-0.3, -0.25) is 13.9 Å². The number of hydrogen-bond donors (Lipinski definition) is 1. The van der Waals surface area contributed by atoms with E-state index in [0.717, 1.165) is 22.5 Å². The molecule has 0 saturated heterocycles. The first-order valence-corrected chi connectivity index (χ1v) is 15.4. The van der Waals surface area contributed by atoms with Gasteiger partial charge >= 0.3 is 0 Å². The molecular weight excluding hydrogens is 550 g/mol.